The molecule has 0 radical (unpaired) electrons. The Bertz CT molecular complexity index is 1390. The standard InChI is InChI=1S/C25H16ClFN2OS2/c26-18-4-3-5-20(13-18)29-24(30)23(32-25(29)31)12-17-15-28(22-7-2-1-6-21(17)22)14-16-8-10-19(27)11-9-16/h1-13,15H,14H2. The maximum absolute atomic E-state index is 13.3. The molecule has 0 N–H and O–H groups in total. The number of halogens is 2. The Balaban J connectivity index is 1.52. The SMILES string of the molecule is O=C1C(=Cc2cn(Cc3ccc(F)cc3)c3ccccc23)SC(=S)N1c1cccc(Cl)c1. The van der Waals surface area contributed by atoms with Gasteiger partial charge in [-0.3, -0.25) is 9.69 Å². The highest BCUT2D eigenvalue weighted by molar-refractivity contribution is 8.27. The Morgan fingerprint density at radius 1 is 1.03 bits per heavy atom. The molecule has 1 saturated heterocycles. The largest absolute Gasteiger partial charge is 0.342 e. The lowest BCUT2D eigenvalue weighted by Gasteiger charge is -2.14. The fourth-order valence-corrected chi connectivity index (χ4v) is 5.23. The number of para-hydroxylation sites is 1. The van der Waals surface area contributed by atoms with Crippen molar-refractivity contribution in [2.45, 2.75) is 6.54 Å². The van der Waals surface area contributed by atoms with E-state index >= 15 is 0 Å². The van der Waals surface area contributed by atoms with Crippen molar-refractivity contribution >= 4 is 68.5 Å². The second kappa shape index (κ2) is 8.54. The van der Waals surface area contributed by atoms with Crippen molar-refractivity contribution in [1.82, 2.24) is 4.57 Å². The number of benzene rings is 3. The first-order valence-corrected chi connectivity index (χ1v) is 11.5. The highest BCUT2D eigenvalue weighted by atomic mass is 35.5. The normalized spacial score (nSPS) is 15.3. The maximum atomic E-state index is 13.3. The van der Waals surface area contributed by atoms with E-state index < -0.39 is 0 Å². The summed E-state index contributed by atoms with van der Waals surface area (Å²) < 4.78 is 15.9. The fraction of sp³-hybridized carbons (Fsp3) is 0.0400. The fourth-order valence-electron chi connectivity index (χ4n) is 3.75. The number of fused-ring (bicyclic) bond motifs is 1. The van der Waals surface area contributed by atoms with Gasteiger partial charge in [-0.05, 0) is 48.0 Å². The summed E-state index contributed by atoms with van der Waals surface area (Å²) >= 11 is 12.9. The van der Waals surface area contributed by atoms with Crippen molar-refractivity contribution in [1.29, 1.82) is 0 Å². The van der Waals surface area contributed by atoms with Gasteiger partial charge in [-0.25, -0.2) is 4.39 Å². The van der Waals surface area contributed by atoms with Crippen molar-refractivity contribution < 1.29 is 9.18 Å². The van der Waals surface area contributed by atoms with Gasteiger partial charge in [-0.1, -0.05) is 72.0 Å². The Hall–Kier alpha value is -2.93. The first kappa shape index (κ1) is 20.9. The zero-order valence-electron chi connectivity index (χ0n) is 16.7. The molecule has 5 rings (SSSR count). The smallest absolute Gasteiger partial charge is 0.270 e. The van der Waals surface area contributed by atoms with Gasteiger partial charge in [0.1, 0.15) is 5.82 Å². The number of anilines is 1. The number of carbonyl (C=O) groups excluding carboxylic acids is 1. The summed E-state index contributed by atoms with van der Waals surface area (Å²) in [5, 5.41) is 1.58. The van der Waals surface area contributed by atoms with E-state index in [1.165, 1.54) is 28.8 Å². The number of nitrogens with zero attached hydrogens (tertiary/aromatic N) is 2. The molecule has 1 amide bonds. The zero-order valence-corrected chi connectivity index (χ0v) is 19.1. The first-order valence-electron chi connectivity index (χ1n) is 9.85. The van der Waals surface area contributed by atoms with Crippen LogP contribution in [0.1, 0.15) is 11.1 Å². The molecule has 3 nitrogen and oxygen atoms in total. The Kier molecular flexibility index (Phi) is 5.59. The molecule has 3 aromatic carbocycles. The summed E-state index contributed by atoms with van der Waals surface area (Å²) in [5.41, 5.74) is 3.61. The third kappa shape index (κ3) is 3.97. The van der Waals surface area contributed by atoms with Crippen LogP contribution in [-0.4, -0.2) is 14.8 Å². The molecule has 1 fully saturated rings. The summed E-state index contributed by atoms with van der Waals surface area (Å²) in [6.07, 6.45) is 3.90. The predicted molar refractivity (Wildman–Crippen MR) is 135 cm³/mol. The molecule has 1 aliphatic heterocycles. The van der Waals surface area contributed by atoms with Crippen LogP contribution in [0.2, 0.25) is 5.02 Å². The molecule has 1 aromatic heterocycles. The van der Waals surface area contributed by atoms with Gasteiger partial charge in [0.05, 0.1) is 10.6 Å². The predicted octanol–water partition coefficient (Wildman–Crippen LogP) is 6.89. The number of amides is 1. The molecule has 0 aliphatic carbocycles. The van der Waals surface area contributed by atoms with Gasteiger partial charge in [-0.15, -0.1) is 0 Å². The van der Waals surface area contributed by atoms with Crippen LogP contribution < -0.4 is 4.90 Å². The van der Waals surface area contributed by atoms with E-state index in [0.717, 1.165) is 22.0 Å². The van der Waals surface area contributed by atoms with Crippen LogP contribution in [0.5, 0.6) is 0 Å². The van der Waals surface area contributed by atoms with Crippen molar-refractivity contribution in [3.8, 4) is 0 Å². The highest BCUT2D eigenvalue weighted by Gasteiger charge is 2.33. The Labute approximate surface area is 199 Å². The topological polar surface area (TPSA) is 25.2 Å². The molecule has 4 aromatic rings. The van der Waals surface area contributed by atoms with Crippen LogP contribution in [0, 0.1) is 5.82 Å². The third-order valence-electron chi connectivity index (χ3n) is 5.23. The monoisotopic (exact) mass is 478 g/mol. The van der Waals surface area contributed by atoms with E-state index in [1.807, 2.05) is 42.6 Å². The summed E-state index contributed by atoms with van der Waals surface area (Å²) in [7, 11) is 0. The number of carbonyl (C=O) groups is 1. The summed E-state index contributed by atoms with van der Waals surface area (Å²) in [6.45, 7) is 0.595. The van der Waals surface area contributed by atoms with Crippen LogP contribution in [0.15, 0.2) is 83.9 Å². The van der Waals surface area contributed by atoms with E-state index in [0.29, 0.717) is 26.5 Å². The third-order valence-corrected chi connectivity index (χ3v) is 6.77. The average Bonchev–Trinajstić information content (AvgIpc) is 3.26. The minimum absolute atomic E-state index is 0.169. The molecule has 158 valence electrons. The highest BCUT2D eigenvalue weighted by Crippen LogP contribution is 2.37. The lowest BCUT2D eigenvalue weighted by Crippen LogP contribution is -2.27. The van der Waals surface area contributed by atoms with Crippen LogP contribution >= 0.6 is 35.6 Å². The van der Waals surface area contributed by atoms with E-state index in [-0.39, 0.29) is 11.7 Å². The summed E-state index contributed by atoms with van der Waals surface area (Å²) in [6, 6.07) is 21.6. The molecular formula is C25H16ClFN2OS2. The van der Waals surface area contributed by atoms with Crippen molar-refractivity contribution in [2.24, 2.45) is 0 Å². The maximum Gasteiger partial charge on any atom is 0.270 e. The van der Waals surface area contributed by atoms with Gasteiger partial charge in [0.15, 0.2) is 4.32 Å². The van der Waals surface area contributed by atoms with Gasteiger partial charge < -0.3 is 4.57 Å². The van der Waals surface area contributed by atoms with E-state index in [9.17, 15) is 9.18 Å². The zero-order chi connectivity index (χ0) is 22.2. The summed E-state index contributed by atoms with van der Waals surface area (Å²) in [4.78, 5) is 15.2. The van der Waals surface area contributed by atoms with Crippen LogP contribution in [-0.2, 0) is 11.3 Å². The minimum Gasteiger partial charge on any atom is -0.342 e. The molecule has 1 aliphatic rings. The molecule has 7 heteroatoms. The number of rotatable bonds is 4. The van der Waals surface area contributed by atoms with E-state index in [4.69, 9.17) is 23.8 Å². The van der Waals surface area contributed by atoms with E-state index in [1.54, 1.807) is 30.3 Å². The van der Waals surface area contributed by atoms with Crippen molar-refractivity contribution in [2.75, 3.05) is 4.90 Å². The van der Waals surface area contributed by atoms with Crippen molar-refractivity contribution in [3.63, 3.8) is 0 Å². The molecule has 0 saturated carbocycles. The number of aromatic nitrogens is 1. The quantitative estimate of drug-likeness (QED) is 0.236. The molecule has 32 heavy (non-hydrogen) atoms. The van der Waals surface area contributed by atoms with Gasteiger partial charge in [0.25, 0.3) is 5.91 Å². The molecular weight excluding hydrogens is 463 g/mol. The molecule has 0 spiro atoms. The number of hydrogen-bond acceptors (Lipinski definition) is 3. The van der Waals surface area contributed by atoms with E-state index in [2.05, 4.69) is 4.57 Å². The van der Waals surface area contributed by atoms with Gasteiger partial charge in [0.2, 0.25) is 0 Å². The lowest BCUT2D eigenvalue weighted by atomic mass is 10.1. The van der Waals surface area contributed by atoms with Gasteiger partial charge in [-0.2, -0.15) is 0 Å². The summed E-state index contributed by atoms with van der Waals surface area (Å²) in [5.74, 6) is -0.425. The average molecular weight is 479 g/mol. The number of hydrogen-bond donors (Lipinski definition) is 0. The Morgan fingerprint density at radius 2 is 1.81 bits per heavy atom. The van der Waals surface area contributed by atoms with Crippen LogP contribution in [0.25, 0.3) is 17.0 Å². The lowest BCUT2D eigenvalue weighted by molar-refractivity contribution is -0.113. The van der Waals surface area contributed by atoms with Crippen LogP contribution in [0.4, 0.5) is 10.1 Å². The first-order chi connectivity index (χ1) is 15.5. The Morgan fingerprint density at radius 3 is 2.59 bits per heavy atom. The molecule has 0 atom stereocenters. The number of thioether (sulfide) groups is 1. The van der Waals surface area contributed by atoms with Gasteiger partial charge >= 0.3 is 0 Å². The molecule has 0 bridgehead atoms. The van der Waals surface area contributed by atoms with Crippen molar-refractivity contribution in [3.05, 3.63) is 106 Å². The number of thiocarbonyl (C=S) groups is 1. The second-order valence-electron chi connectivity index (χ2n) is 7.35. The minimum atomic E-state index is -0.256. The second-order valence-corrected chi connectivity index (χ2v) is 9.47. The molecule has 0 unspecified atom stereocenters. The molecule has 2 heterocycles. The van der Waals surface area contributed by atoms with Gasteiger partial charge in [0, 0.05) is 34.2 Å². The van der Waals surface area contributed by atoms with Crippen LogP contribution in [0.3, 0.4) is 0 Å².